The third-order valence-corrected chi connectivity index (χ3v) is 6.79. The van der Waals surface area contributed by atoms with E-state index in [0.29, 0.717) is 22.7 Å². The van der Waals surface area contributed by atoms with Crippen LogP contribution < -0.4 is 20.1 Å². The summed E-state index contributed by atoms with van der Waals surface area (Å²) in [6.45, 7) is 1.76. The van der Waals surface area contributed by atoms with Gasteiger partial charge in [-0.2, -0.15) is 0 Å². The Balaban J connectivity index is 1.84. The average Bonchev–Trinajstić information content (AvgIpc) is 2.80. The molecule has 0 spiro atoms. The van der Waals surface area contributed by atoms with Gasteiger partial charge in [-0.25, -0.2) is 8.42 Å². The quantitative estimate of drug-likeness (QED) is 0.500. The monoisotopic (exact) mass is 467 g/mol. The number of sulfonamides is 1. The molecule has 0 bridgehead atoms. The van der Waals surface area contributed by atoms with Crippen molar-refractivity contribution in [3.05, 3.63) is 83.9 Å². The third kappa shape index (κ3) is 5.69. The highest BCUT2D eigenvalue weighted by molar-refractivity contribution is 7.92. The summed E-state index contributed by atoms with van der Waals surface area (Å²) in [5.41, 5.74) is 7.27. The number of carbonyl (C=O) groups is 2. The second-order valence-electron chi connectivity index (χ2n) is 7.30. The molecule has 0 saturated heterocycles. The first-order valence-electron chi connectivity index (χ1n) is 10.1. The zero-order valence-electron chi connectivity index (χ0n) is 18.3. The number of hydrogen-bond acceptors (Lipinski definition) is 5. The molecule has 9 heteroatoms. The summed E-state index contributed by atoms with van der Waals surface area (Å²) < 4.78 is 33.5. The van der Waals surface area contributed by atoms with Crippen LogP contribution in [0.4, 0.5) is 11.4 Å². The van der Waals surface area contributed by atoms with Crippen molar-refractivity contribution in [2.24, 2.45) is 5.73 Å². The molecule has 33 heavy (non-hydrogen) atoms. The van der Waals surface area contributed by atoms with Gasteiger partial charge in [-0.1, -0.05) is 29.8 Å². The Morgan fingerprint density at radius 2 is 1.61 bits per heavy atom. The zero-order valence-corrected chi connectivity index (χ0v) is 19.1. The van der Waals surface area contributed by atoms with Gasteiger partial charge in [0.05, 0.1) is 17.7 Å². The van der Waals surface area contributed by atoms with E-state index in [0.717, 1.165) is 5.56 Å². The van der Waals surface area contributed by atoms with Crippen molar-refractivity contribution in [2.75, 3.05) is 23.3 Å². The highest BCUT2D eigenvalue weighted by Crippen LogP contribution is 2.32. The van der Waals surface area contributed by atoms with Crippen LogP contribution in [0.1, 0.15) is 22.3 Å². The van der Waals surface area contributed by atoms with Gasteiger partial charge in [-0.3, -0.25) is 13.9 Å². The molecule has 0 fully saturated rings. The lowest BCUT2D eigenvalue weighted by molar-refractivity contribution is -0.116. The number of benzene rings is 3. The van der Waals surface area contributed by atoms with Crippen molar-refractivity contribution in [3.8, 4) is 5.75 Å². The van der Waals surface area contributed by atoms with Gasteiger partial charge in [0.1, 0.15) is 5.75 Å². The maximum absolute atomic E-state index is 13.5. The van der Waals surface area contributed by atoms with Gasteiger partial charge in [0, 0.05) is 24.2 Å². The molecule has 3 N–H and O–H groups in total. The minimum Gasteiger partial charge on any atom is -0.495 e. The van der Waals surface area contributed by atoms with E-state index in [1.165, 1.54) is 35.7 Å². The number of anilines is 2. The number of nitrogens with two attached hydrogens (primary N) is 1. The van der Waals surface area contributed by atoms with Crippen molar-refractivity contribution in [1.82, 2.24) is 0 Å². The van der Waals surface area contributed by atoms with Gasteiger partial charge in [-0.15, -0.1) is 0 Å². The van der Waals surface area contributed by atoms with Gasteiger partial charge < -0.3 is 15.8 Å². The molecule has 172 valence electrons. The molecule has 2 amide bonds. The van der Waals surface area contributed by atoms with Crippen LogP contribution in [0.5, 0.6) is 5.75 Å². The topological polar surface area (TPSA) is 119 Å². The predicted octanol–water partition coefficient (Wildman–Crippen LogP) is 3.33. The number of aryl methyl sites for hydroxylation is 1. The molecule has 3 aromatic carbocycles. The Morgan fingerprint density at radius 3 is 2.21 bits per heavy atom. The van der Waals surface area contributed by atoms with Crippen molar-refractivity contribution < 1.29 is 22.7 Å². The molecule has 0 aliphatic rings. The van der Waals surface area contributed by atoms with Gasteiger partial charge in [0.15, 0.2) is 0 Å². The molecular formula is C24H25N3O5S. The molecule has 0 aliphatic carbocycles. The first-order valence-corrected chi connectivity index (χ1v) is 11.6. The third-order valence-electron chi connectivity index (χ3n) is 4.96. The Hall–Kier alpha value is -3.85. The van der Waals surface area contributed by atoms with E-state index in [1.54, 1.807) is 48.5 Å². The van der Waals surface area contributed by atoms with Crippen LogP contribution in [0, 0.1) is 6.92 Å². The SMILES string of the molecule is COc1ccccc1N(CCC(=O)Nc1ccc(C(N)=O)cc1)S(=O)(=O)c1ccc(C)cc1. The van der Waals surface area contributed by atoms with Crippen LogP contribution in [0.3, 0.4) is 0 Å². The smallest absolute Gasteiger partial charge is 0.264 e. The predicted molar refractivity (Wildman–Crippen MR) is 127 cm³/mol. The highest BCUT2D eigenvalue weighted by Gasteiger charge is 2.27. The number of amides is 2. The van der Waals surface area contributed by atoms with Crippen LogP contribution in [0.2, 0.25) is 0 Å². The number of para-hydroxylation sites is 2. The number of rotatable bonds is 9. The number of nitrogens with one attached hydrogen (secondary N) is 1. The van der Waals surface area contributed by atoms with E-state index in [4.69, 9.17) is 10.5 Å². The largest absolute Gasteiger partial charge is 0.495 e. The zero-order chi connectivity index (χ0) is 24.0. The van der Waals surface area contributed by atoms with Crippen LogP contribution in [0.25, 0.3) is 0 Å². The summed E-state index contributed by atoms with van der Waals surface area (Å²) in [7, 11) is -2.51. The first-order chi connectivity index (χ1) is 15.7. The normalized spacial score (nSPS) is 11.0. The maximum Gasteiger partial charge on any atom is 0.264 e. The van der Waals surface area contributed by atoms with Crippen molar-refractivity contribution in [1.29, 1.82) is 0 Å². The summed E-state index contributed by atoms with van der Waals surface area (Å²) in [6, 6.07) is 19.3. The number of carbonyl (C=O) groups excluding carboxylic acids is 2. The summed E-state index contributed by atoms with van der Waals surface area (Å²) >= 11 is 0. The number of methoxy groups -OCH3 is 1. The van der Waals surface area contributed by atoms with E-state index in [9.17, 15) is 18.0 Å². The van der Waals surface area contributed by atoms with E-state index in [-0.39, 0.29) is 23.8 Å². The van der Waals surface area contributed by atoms with Gasteiger partial charge in [-0.05, 0) is 55.5 Å². The highest BCUT2D eigenvalue weighted by atomic mass is 32.2. The van der Waals surface area contributed by atoms with E-state index in [1.807, 2.05) is 6.92 Å². The maximum atomic E-state index is 13.5. The molecule has 0 atom stereocenters. The fourth-order valence-electron chi connectivity index (χ4n) is 3.19. The van der Waals surface area contributed by atoms with Crippen LogP contribution in [-0.2, 0) is 14.8 Å². The average molecular weight is 468 g/mol. The Morgan fingerprint density at radius 1 is 0.970 bits per heavy atom. The second kappa shape index (κ2) is 10.2. The standard InChI is InChI=1S/C24H25N3O5S/c1-17-7-13-20(14-8-17)33(30,31)27(21-5-3-4-6-22(21)32-2)16-15-23(28)26-19-11-9-18(10-12-19)24(25)29/h3-14H,15-16H2,1-2H3,(H2,25,29)(H,26,28). The molecule has 0 unspecified atom stereocenters. The number of primary amides is 1. The summed E-state index contributed by atoms with van der Waals surface area (Å²) in [5, 5.41) is 2.70. The fraction of sp³-hybridized carbons (Fsp3) is 0.167. The summed E-state index contributed by atoms with van der Waals surface area (Å²) in [5.74, 6) is -0.585. The van der Waals surface area contributed by atoms with Crippen molar-refractivity contribution in [3.63, 3.8) is 0 Å². The van der Waals surface area contributed by atoms with E-state index < -0.39 is 15.9 Å². The summed E-state index contributed by atoms with van der Waals surface area (Å²) in [6.07, 6.45) is -0.110. The molecule has 3 rings (SSSR count). The molecule has 0 aromatic heterocycles. The number of ether oxygens (including phenoxy) is 1. The van der Waals surface area contributed by atoms with Gasteiger partial charge in [0.2, 0.25) is 11.8 Å². The van der Waals surface area contributed by atoms with Gasteiger partial charge in [0.25, 0.3) is 10.0 Å². The first kappa shape index (κ1) is 23.8. The molecule has 8 nitrogen and oxygen atoms in total. The second-order valence-corrected chi connectivity index (χ2v) is 9.16. The molecular weight excluding hydrogens is 442 g/mol. The van der Waals surface area contributed by atoms with Gasteiger partial charge >= 0.3 is 0 Å². The van der Waals surface area contributed by atoms with E-state index >= 15 is 0 Å². The lowest BCUT2D eigenvalue weighted by Crippen LogP contribution is -2.34. The molecule has 3 aromatic rings. The molecule has 0 aliphatic heterocycles. The molecule has 0 radical (unpaired) electrons. The van der Waals surface area contributed by atoms with Crippen molar-refractivity contribution >= 4 is 33.2 Å². The van der Waals surface area contributed by atoms with Crippen LogP contribution >= 0.6 is 0 Å². The summed E-state index contributed by atoms with van der Waals surface area (Å²) in [4.78, 5) is 23.9. The van der Waals surface area contributed by atoms with E-state index in [2.05, 4.69) is 5.32 Å². The number of hydrogen-bond donors (Lipinski definition) is 2. The lowest BCUT2D eigenvalue weighted by atomic mass is 10.2. The number of nitrogens with zero attached hydrogens (tertiary/aromatic N) is 1. The lowest BCUT2D eigenvalue weighted by Gasteiger charge is -2.26. The minimum atomic E-state index is -3.97. The Labute approximate surface area is 193 Å². The Bertz CT molecular complexity index is 1240. The van der Waals surface area contributed by atoms with Crippen LogP contribution in [0.15, 0.2) is 77.7 Å². The Kier molecular flexibility index (Phi) is 7.34. The van der Waals surface area contributed by atoms with Crippen LogP contribution in [-0.4, -0.2) is 33.9 Å². The minimum absolute atomic E-state index is 0.109. The molecule has 0 saturated carbocycles. The fourth-order valence-corrected chi connectivity index (χ4v) is 4.66. The molecule has 0 heterocycles. The van der Waals surface area contributed by atoms with Crippen molar-refractivity contribution in [2.45, 2.75) is 18.2 Å².